The first-order valence-electron chi connectivity index (χ1n) is 15.0. The van der Waals surface area contributed by atoms with Crippen LogP contribution in [0.3, 0.4) is 0 Å². The second-order valence-electron chi connectivity index (χ2n) is 15.4. The molecular formula is C33H47NO4. The van der Waals surface area contributed by atoms with Crippen LogP contribution in [-0.4, -0.2) is 24.0 Å². The van der Waals surface area contributed by atoms with Gasteiger partial charge in [0.15, 0.2) is 5.78 Å². The summed E-state index contributed by atoms with van der Waals surface area (Å²) in [5, 5.41) is 4.24. The molecule has 0 aliphatic heterocycles. The Bertz CT molecular complexity index is 1210. The molecule has 1 unspecified atom stereocenters. The molecule has 1 aromatic heterocycles. The van der Waals surface area contributed by atoms with Gasteiger partial charge in [-0.1, -0.05) is 59.2 Å². The Morgan fingerprint density at radius 1 is 1.08 bits per heavy atom. The number of fused-ring (bicyclic) bond motifs is 8. The first-order valence-corrected chi connectivity index (χ1v) is 15.0. The van der Waals surface area contributed by atoms with Crippen molar-refractivity contribution >= 4 is 11.8 Å². The zero-order chi connectivity index (χ0) is 27.5. The van der Waals surface area contributed by atoms with Crippen molar-refractivity contribution in [3.8, 4) is 0 Å². The lowest BCUT2D eigenvalue weighted by atomic mass is 9.35. The number of hydrogen-bond acceptors (Lipinski definition) is 5. The van der Waals surface area contributed by atoms with Crippen molar-refractivity contribution in [2.45, 2.75) is 105 Å². The van der Waals surface area contributed by atoms with Crippen LogP contribution in [0.15, 0.2) is 22.4 Å². The SMILES string of the molecule is CC[C@]1(C)c2oncc2C[C@]2(C)C3=CC(=O)[C@@H]4[C@@H]5CC(C)(C)C[C@@H](C(=O)OC)C5CC[C@@]4(C)[C@]3(C)CC[C@H]21. The number of ether oxygens (including phenoxy) is 1. The van der Waals surface area contributed by atoms with Gasteiger partial charge in [0.25, 0.3) is 0 Å². The van der Waals surface area contributed by atoms with E-state index >= 15 is 0 Å². The highest BCUT2D eigenvalue weighted by Crippen LogP contribution is 2.73. The molecule has 208 valence electrons. The summed E-state index contributed by atoms with van der Waals surface area (Å²) in [6, 6.07) is 0. The van der Waals surface area contributed by atoms with Gasteiger partial charge < -0.3 is 9.26 Å². The molecule has 0 amide bonds. The summed E-state index contributed by atoms with van der Waals surface area (Å²) < 4.78 is 11.2. The van der Waals surface area contributed by atoms with Gasteiger partial charge in [0.2, 0.25) is 0 Å². The topological polar surface area (TPSA) is 69.4 Å². The van der Waals surface area contributed by atoms with Crippen molar-refractivity contribution in [3.63, 3.8) is 0 Å². The molecule has 3 fully saturated rings. The Labute approximate surface area is 228 Å². The van der Waals surface area contributed by atoms with Crippen molar-refractivity contribution < 1.29 is 18.8 Å². The molecule has 5 nitrogen and oxygen atoms in total. The van der Waals surface area contributed by atoms with E-state index in [9.17, 15) is 9.59 Å². The van der Waals surface area contributed by atoms with Crippen LogP contribution in [0.4, 0.5) is 0 Å². The third kappa shape index (κ3) is 3.14. The highest BCUT2D eigenvalue weighted by atomic mass is 16.5. The van der Waals surface area contributed by atoms with Gasteiger partial charge in [-0.25, -0.2) is 0 Å². The number of rotatable bonds is 2. The van der Waals surface area contributed by atoms with Gasteiger partial charge in [0.05, 0.1) is 19.2 Å². The summed E-state index contributed by atoms with van der Waals surface area (Å²) in [4.78, 5) is 27.4. The van der Waals surface area contributed by atoms with Crippen LogP contribution in [0.2, 0.25) is 0 Å². The lowest BCUT2D eigenvalue weighted by molar-refractivity contribution is -0.172. The first-order chi connectivity index (χ1) is 17.8. The van der Waals surface area contributed by atoms with Crippen molar-refractivity contribution in [2.75, 3.05) is 7.11 Å². The van der Waals surface area contributed by atoms with Gasteiger partial charge in [0.1, 0.15) is 5.76 Å². The Hall–Kier alpha value is -1.91. The van der Waals surface area contributed by atoms with Crippen molar-refractivity contribution in [1.82, 2.24) is 5.16 Å². The molecule has 0 aromatic carbocycles. The molecule has 0 saturated heterocycles. The molecule has 9 atom stereocenters. The van der Waals surface area contributed by atoms with Crippen LogP contribution in [0.1, 0.15) is 105 Å². The number of aromatic nitrogens is 1. The van der Waals surface area contributed by atoms with Gasteiger partial charge in [-0.3, -0.25) is 9.59 Å². The second kappa shape index (κ2) is 8.07. The van der Waals surface area contributed by atoms with Crippen LogP contribution < -0.4 is 0 Å². The third-order valence-corrected chi connectivity index (χ3v) is 13.2. The minimum atomic E-state index is -0.116. The van der Waals surface area contributed by atoms with Crippen LogP contribution in [-0.2, 0) is 26.2 Å². The number of carbonyl (C=O) groups excluding carboxylic acids is 2. The summed E-state index contributed by atoms with van der Waals surface area (Å²) in [6.45, 7) is 16.5. The Morgan fingerprint density at radius 2 is 1.82 bits per heavy atom. The molecule has 5 heteroatoms. The van der Waals surface area contributed by atoms with Crippen molar-refractivity contribution in [1.29, 1.82) is 0 Å². The number of hydrogen-bond donors (Lipinski definition) is 0. The summed E-state index contributed by atoms with van der Waals surface area (Å²) >= 11 is 0. The van der Waals surface area contributed by atoms with E-state index in [1.807, 2.05) is 6.20 Å². The predicted molar refractivity (Wildman–Crippen MR) is 146 cm³/mol. The fraction of sp³-hybridized carbons (Fsp3) is 0.788. The molecule has 3 saturated carbocycles. The molecule has 5 aliphatic rings. The van der Waals surface area contributed by atoms with Crippen LogP contribution in [0, 0.1) is 51.2 Å². The van der Waals surface area contributed by atoms with E-state index in [-0.39, 0.29) is 56.7 Å². The summed E-state index contributed by atoms with van der Waals surface area (Å²) in [5.41, 5.74) is 2.27. The fourth-order valence-corrected chi connectivity index (χ4v) is 11.3. The Morgan fingerprint density at radius 3 is 2.50 bits per heavy atom. The standard InChI is InChI=1S/C33H47NO4/c1-9-30(4)24-11-13-32(6)25(31(24,5)15-19-18-34-38-27(19)30)14-23(35)26-21-16-29(2,3)17-22(28(36)37-8)20(21)10-12-33(26,32)7/h14,18,20-22,24,26H,9-13,15-17H2,1-8H3/t20?,21-,22-,24+,26+,30+,31+,32-,33-/m1/s1. The lowest BCUT2D eigenvalue weighted by Crippen LogP contribution is -2.64. The maximum atomic E-state index is 14.5. The maximum Gasteiger partial charge on any atom is 0.308 e. The number of carbonyl (C=O) groups is 2. The van der Waals surface area contributed by atoms with Crippen molar-refractivity contribution in [3.05, 3.63) is 29.2 Å². The molecule has 0 bridgehead atoms. The molecular weight excluding hydrogens is 474 g/mol. The molecule has 5 aliphatic carbocycles. The number of ketones is 1. The number of nitrogens with zero attached hydrogens (tertiary/aromatic N) is 1. The highest BCUT2D eigenvalue weighted by Gasteiger charge is 2.69. The fourth-order valence-electron chi connectivity index (χ4n) is 11.3. The molecule has 1 heterocycles. The Kier molecular flexibility index (Phi) is 5.59. The van der Waals surface area contributed by atoms with Gasteiger partial charge in [-0.2, -0.15) is 0 Å². The third-order valence-electron chi connectivity index (χ3n) is 13.2. The number of methoxy groups -OCH3 is 1. The smallest absolute Gasteiger partial charge is 0.308 e. The van der Waals surface area contributed by atoms with E-state index in [0.29, 0.717) is 11.7 Å². The van der Waals surface area contributed by atoms with Gasteiger partial charge in [0, 0.05) is 16.9 Å². The molecule has 0 N–H and O–H groups in total. The van der Waals surface area contributed by atoms with E-state index in [0.717, 1.165) is 57.1 Å². The van der Waals surface area contributed by atoms with Gasteiger partial charge in [-0.05, 0) is 96.9 Å². The van der Waals surface area contributed by atoms with E-state index in [4.69, 9.17) is 9.26 Å². The average Bonchev–Trinajstić information content (AvgIpc) is 3.32. The normalized spacial score (nSPS) is 47.0. The van der Waals surface area contributed by atoms with Crippen LogP contribution in [0.5, 0.6) is 0 Å². The van der Waals surface area contributed by atoms with Crippen LogP contribution >= 0.6 is 0 Å². The van der Waals surface area contributed by atoms with E-state index in [1.54, 1.807) is 0 Å². The average molecular weight is 522 g/mol. The van der Waals surface area contributed by atoms with E-state index in [1.165, 1.54) is 18.2 Å². The highest BCUT2D eigenvalue weighted by molar-refractivity contribution is 5.95. The van der Waals surface area contributed by atoms with Crippen molar-refractivity contribution in [2.24, 2.45) is 51.2 Å². The molecule has 0 radical (unpaired) electrons. The first kappa shape index (κ1) is 26.3. The quantitative estimate of drug-likeness (QED) is 0.389. The van der Waals surface area contributed by atoms with E-state index < -0.39 is 0 Å². The molecule has 38 heavy (non-hydrogen) atoms. The number of allylic oxidation sites excluding steroid dienone is 2. The zero-order valence-corrected chi connectivity index (χ0v) is 24.8. The largest absolute Gasteiger partial charge is 0.469 e. The summed E-state index contributed by atoms with van der Waals surface area (Å²) in [5.74, 6) is 2.04. The summed E-state index contributed by atoms with van der Waals surface area (Å²) in [6.07, 6.45) is 12.0. The predicted octanol–water partition coefficient (Wildman–Crippen LogP) is 7.09. The van der Waals surface area contributed by atoms with Crippen LogP contribution in [0.25, 0.3) is 0 Å². The zero-order valence-electron chi connectivity index (χ0n) is 24.8. The number of esters is 1. The monoisotopic (exact) mass is 521 g/mol. The molecule has 6 rings (SSSR count). The minimum Gasteiger partial charge on any atom is -0.469 e. The lowest BCUT2D eigenvalue weighted by Gasteiger charge is -2.68. The van der Waals surface area contributed by atoms with Gasteiger partial charge in [-0.15, -0.1) is 0 Å². The molecule has 0 spiro atoms. The summed E-state index contributed by atoms with van der Waals surface area (Å²) in [7, 11) is 1.52. The van der Waals surface area contributed by atoms with Gasteiger partial charge >= 0.3 is 5.97 Å². The van der Waals surface area contributed by atoms with E-state index in [2.05, 4.69) is 59.7 Å². The maximum absolute atomic E-state index is 14.5. The minimum absolute atomic E-state index is 0.0179. The molecule has 1 aromatic rings. The second-order valence-corrected chi connectivity index (χ2v) is 15.4. The Balaban J connectivity index is 1.47.